The number of rotatable bonds is 5. The molecule has 1 aliphatic heterocycles. The van der Waals surface area contributed by atoms with Crippen LogP contribution in [0.25, 0.3) is 10.2 Å². The van der Waals surface area contributed by atoms with Crippen LogP contribution >= 0.6 is 11.3 Å². The van der Waals surface area contributed by atoms with Crippen molar-refractivity contribution in [3.05, 3.63) is 65.3 Å². The van der Waals surface area contributed by atoms with E-state index in [4.69, 9.17) is 4.74 Å². The summed E-state index contributed by atoms with van der Waals surface area (Å²) >= 11 is 1.52. The Morgan fingerprint density at radius 2 is 1.81 bits per heavy atom. The summed E-state index contributed by atoms with van der Waals surface area (Å²) in [4.78, 5) is 28.2. The van der Waals surface area contributed by atoms with Gasteiger partial charge in [-0.2, -0.15) is 4.98 Å². The molecular weight excluding hydrogens is 424 g/mol. The number of amides is 1. The first-order valence-corrected chi connectivity index (χ1v) is 11.2. The molecule has 5 rings (SSSR count). The van der Waals surface area contributed by atoms with E-state index < -0.39 is 0 Å². The zero-order valence-corrected chi connectivity index (χ0v) is 18.4. The number of hydrogen-bond donors (Lipinski definition) is 2. The third-order valence-corrected chi connectivity index (χ3v) is 5.94. The molecule has 1 fully saturated rings. The minimum Gasteiger partial charge on any atom is -0.378 e. The highest BCUT2D eigenvalue weighted by atomic mass is 32.1. The number of anilines is 4. The molecule has 0 unspecified atom stereocenters. The summed E-state index contributed by atoms with van der Waals surface area (Å²) in [6.07, 6.45) is 0. The van der Waals surface area contributed by atoms with E-state index in [2.05, 4.69) is 30.5 Å². The molecule has 4 aromatic rings. The summed E-state index contributed by atoms with van der Waals surface area (Å²) in [5.74, 6) is 1.29. The van der Waals surface area contributed by atoms with Gasteiger partial charge >= 0.3 is 0 Å². The number of nitrogens with zero attached hydrogens (tertiary/aromatic N) is 4. The lowest BCUT2D eigenvalue weighted by Crippen LogP contribution is -2.37. The van der Waals surface area contributed by atoms with Crippen molar-refractivity contribution in [2.24, 2.45) is 0 Å². The molecule has 0 bridgehead atoms. The maximum absolute atomic E-state index is 12.6. The molecule has 0 radical (unpaired) electrons. The molecule has 0 saturated carbocycles. The van der Waals surface area contributed by atoms with E-state index in [1.54, 1.807) is 11.6 Å². The van der Waals surface area contributed by atoms with Crippen LogP contribution in [0.4, 0.5) is 23.1 Å². The van der Waals surface area contributed by atoms with Crippen LogP contribution in [0.2, 0.25) is 0 Å². The lowest BCUT2D eigenvalue weighted by molar-refractivity contribution is 0.102. The fourth-order valence-electron chi connectivity index (χ4n) is 3.51. The number of morpholine rings is 1. The minimum atomic E-state index is -0.150. The Morgan fingerprint density at radius 1 is 1.03 bits per heavy atom. The predicted molar refractivity (Wildman–Crippen MR) is 127 cm³/mol. The molecule has 1 aliphatic rings. The summed E-state index contributed by atoms with van der Waals surface area (Å²) in [5, 5.41) is 6.27. The first-order chi connectivity index (χ1) is 15.6. The minimum absolute atomic E-state index is 0.150. The summed E-state index contributed by atoms with van der Waals surface area (Å²) in [6, 6.07) is 15.0. The van der Waals surface area contributed by atoms with E-state index in [1.807, 2.05) is 49.4 Å². The molecule has 0 atom stereocenters. The molecule has 8 nitrogen and oxygen atoms in total. The molecule has 1 amide bonds. The van der Waals surface area contributed by atoms with Crippen molar-refractivity contribution in [2.45, 2.75) is 6.92 Å². The molecule has 1 saturated heterocycles. The second-order valence-electron chi connectivity index (χ2n) is 7.49. The van der Waals surface area contributed by atoms with Crippen molar-refractivity contribution in [2.75, 3.05) is 41.8 Å². The van der Waals surface area contributed by atoms with Gasteiger partial charge in [0.05, 0.1) is 28.9 Å². The first-order valence-electron chi connectivity index (χ1n) is 10.3. The molecule has 0 spiro atoms. The van der Waals surface area contributed by atoms with Crippen LogP contribution in [-0.4, -0.2) is 47.2 Å². The maximum atomic E-state index is 12.6. The van der Waals surface area contributed by atoms with E-state index in [1.165, 1.54) is 11.3 Å². The molecule has 3 heterocycles. The number of ether oxygens (including phenoxy) is 1. The van der Waals surface area contributed by atoms with Gasteiger partial charge in [-0.15, -0.1) is 11.3 Å². The summed E-state index contributed by atoms with van der Waals surface area (Å²) in [5.41, 5.74) is 5.78. The van der Waals surface area contributed by atoms with Crippen LogP contribution in [0, 0.1) is 6.92 Å². The maximum Gasteiger partial charge on any atom is 0.255 e. The summed E-state index contributed by atoms with van der Waals surface area (Å²) in [7, 11) is 0. The third-order valence-electron chi connectivity index (χ3n) is 5.14. The standard InChI is InChI=1S/C23H22N6O2S/c1-15-12-21(28-23(25-15)29-8-10-31-11-9-29)26-17-3-5-18(6-4-17)27-22(30)16-2-7-19-20(13-16)32-14-24-19/h2-7,12-14H,8-11H2,1H3,(H,27,30)(H,25,26,28). The number of aromatic nitrogens is 3. The fourth-order valence-corrected chi connectivity index (χ4v) is 4.22. The fraction of sp³-hybridized carbons (Fsp3) is 0.217. The van der Waals surface area contributed by atoms with Gasteiger partial charge in [0.25, 0.3) is 5.91 Å². The third kappa shape index (κ3) is 4.53. The number of carbonyl (C=O) groups is 1. The second-order valence-corrected chi connectivity index (χ2v) is 8.37. The first kappa shape index (κ1) is 20.3. The van der Waals surface area contributed by atoms with Gasteiger partial charge in [0.2, 0.25) is 5.95 Å². The van der Waals surface area contributed by atoms with E-state index in [-0.39, 0.29) is 5.91 Å². The molecule has 162 valence electrons. The van der Waals surface area contributed by atoms with Gasteiger partial charge in [-0.3, -0.25) is 4.79 Å². The largest absolute Gasteiger partial charge is 0.378 e. The smallest absolute Gasteiger partial charge is 0.255 e. The highest BCUT2D eigenvalue weighted by Gasteiger charge is 2.15. The molecule has 9 heteroatoms. The van der Waals surface area contributed by atoms with Crippen LogP contribution < -0.4 is 15.5 Å². The highest BCUT2D eigenvalue weighted by Crippen LogP contribution is 2.22. The Morgan fingerprint density at radius 3 is 2.62 bits per heavy atom. The number of carbonyl (C=O) groups excluding carboxylic acids is 1. The van der Waals surface area contributed by atoms with Crippen molar-refractivity contribution in [3.63, 3.8) is 0 Å². The zero-order chi connectivity index (χ0) is 21.9. The lowest BCUT2D eigenvalue weighted by Gasteiger charge is -2.27. The zero-order valence-electron chi connectivity index (χ0n) is 17.5. The van der Waals surface area contributed by atoms with Gasteiger partial charge in [-0.05, 0) is 49.4 Å². The van der Waals surface area contributed by atoms with Crippen LogP contribution in [0.5, 0.6) is 0 Å². The lowest BCUT2D eigenvalue weighted by atomic mass is 10.2. The van der Waals surface area contributed by atoms with Crippen molar-refractivity contribution < 1.29 is 9.53 Å². The summed E-state index contributed by atoms with van der Waals surface area (Å²) < 4.78 is 6.41. The monoisotopic (exact) mass is 446 g/mol. The van der Waals surface area contributed by atoms with E-state index in [0.29, 0.717) is 24.7 Å². The Hall–Kier alpha value is -3.56. The number of fused-ring (bicyclic) bond motifs is 1. The number of benzene rings is 2. The van der Waals surface area contributed by atoms with Crippen LogP contribution in [-0.2, 0) is 4.74 Å². The van der Waals surface area contributed by atoms with Crippen molar-refractivity contribution >= 4 is 50.6 Å². The van der Waals surface area contributed by atoms with Gasteiger partial charge in [-0.1, -0.05) is 0 Å². The Kier molecular flexibility index (Phi) is 5.66. The van der Waals surface area contributed by atoms with Gasteiger partial charge in [0.15, 0.2) is 0 Å². The van der Waals surface area contributed by atoms with E-state index >= 15 is 0 Å². The molecule has 2 aromatic carbocycles. The normalized spacial score (nSPS) is 13.8. The van der Waals surface area contributed by atoms with Crippen molar-refractivity contribution in [1.82, 2.24) is 15.0 Å². The van der Waals surface area contributed by atoms with E-state index in [0.717, 1.165) is 46.2 Å². The van der Waals surface area contributed by atoms with Crippen LogP contribution in [0.3, 0.4) is 0 Å². The molecule has 0 aliphatic carbocycles. The second kappa shape index (κ2) is 8.89. The SMILES string of the molecule is Cc1cc(Nc2ccc(NC(=O)c3ccc4ncsc4c3)cc2)nc(N2CCOCC2)n1. The number of nitrogens with one attached hydrogen (secondary N) is 2. The Balaban J connectivity index is 1.26. The molecular formula is C23H22N6O2S. The van der Waals surface area contributed by atoms with Crippen LogP contribution in [0.1, 0.15) is 16.1 Å². The highest BCUT2D eigenvalue weighted by molar-refractivity contribution is 7.16. The van der Waals surface area contributed by atoms with Gasteiger partial charge in [-0.25, -0.2) is 9.97 Å². The number of aryl methyl sites for hydroxylation is 1. The summed E-state index contributed by atoms with van der Waals surface area (Å²) in [6.45, 7) is 4.90. The van der Waals surface area contributed by atoms with Crippen LogP contribution in [0.15, 0.2) is 54.0 Å². The predicted octanol–water partition coefficient (Wildman–Crippen LogP) is 4.23. The number of hydrogen-bond acceptors (Lipinski definition) is 8. The molecule has 2 aromatic heterocycles. The molecule has 32 heavy (non-hydrogen) atoms. The van der Waals surface area contributed by atoms with Gasteiger partial charge < -0.3 is 20.3 Å². The molecule has 2 N–H and O–H groups in total. The topological polar surface area (TPSA) is 92.3 Å². The van der Waals surface area contributed by atoms with Gasteiger partial charge in [0.1, 0.15) is 5.82 Å². The number of thiazole rings is 1. The average molecular weight is 447 g/mol. The Bertz CT molecular complexity index is 1250. The van der Waals surface area contributed by atoms with Crippen molar-refractivity contribution in [3.8, 4) is 0 Å². The average Bonchev–Trinajstić information content (AvgIpc) is 3.28. The van der Waals surface area contributed by atoms with Crippen molar-refractivity contribution in [1.29, 1.82) is 0 Å². The van der Waals surface area contributed by atoms with E-state index in [9.17, 15) is 4.79 Å². The Labute approximate surface area is 189 Å². The van der Waals surface area contributed by atoms with Gasteiger partial charge in [0, 0.05) is 41.8 Å². The quantitative estimate of drug-likeness (QED) is 0.474.